The van der Waals surface area contributed by atoms with Crippen LogP contribution >= 0.6 is 11.3 Å². The maximum Gasteiger partial charge on any atom is 0.261 e. The van der Waals surface area contributed by atoms with E-state index in [0.29, 0.717) is 4.88 Å². The Balaban J connectivity index is 1.74. The third-order valence-electron chi connectivity index (χ3n) is 3.96. The van der Waals surface area contributed by atoms with E-state index < -0.39 is 6.04 Å². The zero-order valence-corrected chi connectivity index (χ0v) is 14.1. The molecule has 2 heterocycles. The van der Waals surface area contributed by atoms with Crippen LogP contribution in [0.15, 0.2) is 17.5 Å². The van der Waals surface area contributed by atoms with Crippen LogP contribution in [-0.2, 0) is 4.79 Å². The lowest BCUT2D eigenvalue weighted by Crippen LogP contribution is -2.51. The summed E-state index contributed by atoms with van der Waals surface area (Å²) in [6, 6.07) is 3.30. The zero-order valence-electron chi connectivity index (χ0n) is 13.3. The smallest absolute Gasteiger partial charge is 0.261 e. The fourth-order valence-electron chi connectivity index (χ4n) is 2.68. The molecule has 2 N–H and O–H groups in total. The molecular weight excluding hydrogens is 298 g/mol. The van der Waals surface area contributed by atoms with Crippen LogP contribution in [-0.4, -0.2) is 48.4 Å². The second-order valence-electron chi connectivity index (χ2n) is 5.80. The highest BCUT2D eigenvalue weighted by molar-refractivity contribution is 7.12. The number of piperidine rings is 1. The molecule has 1 aromatic heterocycles. The summed E-state index contributed by atoms with van der Waals surface area (Å²) in [7, 11) is 0. The van der Waals surface area contributed by atoms with Crippen molar-refractivity contribution in [1.82, 2.24) is 15.5 Å². The van der Waals surface area contributed by atoms with E-state index in [4.69, 9.17) is 0 Å². The lowest BCUT2D eigenvalue weighted by molar-refractivity contribution is -0.123. The van der Waals surface area contributed by atoms with E-state index in [1.807, 2.05) is 11.4 Å². The number of rotatable bonds is 6. The minimum absolute atomic E-state index is 0.0983. The van der Waals surface area contributed by atoms with Gasteiger partial charge in [0.05, 0.1) is 4.88 Å². The predicted molar refractivity (Wildman–Crippen MR) is 89.1 cm³/mol. The minimum Gasteiger partial charge on any atom is -0.351 e. The van der Waals surface area contributed by atoms with E-state index >= 15 is 0 Å². The Hall–Kier alpha value is -1.40. The summed E-state index contributed by atoms with van der Waals surface area (Å²) in [5, 5.41) is 7.66. The Morgan fingerprint density at radius 1 is 1.41 bits per heavy atom. The van der Waals surface area contributed by atoms with Crippen molar-refractivity contribution in [1.29, 1.82) is 0 Å². The van der Waals surface area contributed by atoms with Gasteiger partial charge in [-0.05, 0) is 44.2 Å². The van der Waals surface area contributed by atoms with E-state index in [2.05, 4.69) is 22.5 Å². The van der Waals surface area contributed by atoms with Crippen molar-refractivity contribution in [2.75, 3.05) is 19.6 Å². The van der Waals surface area contributed by atoms with E-state index in [0.717, 1.165) is 32.5 Å². The summed E-state index contributed by atoms with van der Waals surface area (Å²) in [6.07, 6.45) is 3.14. The average Bonchev–Trinajstić information content (AvgIpc) is 3.04. The van der Waals surface area contributed by atoms with Crippen molar-refractivity contribution >= 4 is 23.2 Å². The minimum atomic E-state index is -0.511. The number of carbonyl (C=O) groups excluding carboxylic acids is 2. The molecule has 0 aromatic carbocycles. The van der Waals surface area contributed by atoms with Gasteiger partial charge in [0.25, 0.3) is 5.91 Å². The molecule has 1 aliphatic rings. The molecule has 0 bridgehead atoms. The summed E-state index contributed by atoms with van der Waals surface area (Å²) >= 11 is 1.38. The number of nitrogens with zero attached hydrogens (tertiary/aromatic N) is 1. The summed E-state index contributed by atoms with van der Waals surface area (Å²) in [5.41, 5.74) is 0. The number of amides is 2. The summed E-state index contributed by atoms with van der Waals surface area (Å²) in [4.78, 5) is 27.2. The Morgan fingerprint density at radius 2 is 2.14 bits per heavy atom. The Kier molecular flexibility index (Phi) is 6.39. The van der Waals surface area contributed by atoms with Crippen molar-refractivity contribution in [2.24, 2.45) is 0 Å². The summed E-state index contributed by atoms with van der Waals surface area (Å²) < 4.78 is 0. The molecule has 1 atom stereocenters. The highest BCUT2D eigenvalue weighted by Gasteiger charge is 2.23. The number of hydrogen-bond acceptors (Lipinski definition) is 4. The largest absolute Gasteiger partial charge is 0.351 e. The van der Waals surface area contributed by atoms with Crippen LogP contribution in [0.25, 0.3) is 0 Å². The van der Waals surface area contributed by atoms with Crippen molar-refractivity contribution in [3.05, 3.63) is 22.4 Å². The third-order valence-corrected chi connectivity index (χ3v) is 4.83. The van der Waals surface area contributed by atoms with Gasteiger partial charge in [0.2, 0.25) is 5.91 Å². The molecule has 122 valence electrons. The van der Waals surface area contributed by atoms with Crippen LogP contribution in [0.4, 0.5) is 0 Å². The molecule has 0 aliphatic carbocycles. The summed E-state index contributed by atoms with van der Waals surface area (Å²) in [5.74, 6) is -0.283. The maximum absolute atomic E-state index is 12.2. The molecule has 1 aliphatic heterocycles. The first-order chi connectivity index (χ1) is 10.6. The van der Waals surface area contributed by atoms with Crippen LogP contribution in [0.5, 0.6) is 0 Å². The van der Waals surface area contributed by atoms with Crippen molar-refractivity contribution < 1.29 is 9.59 Å². The molecule has 6 heteroatoms. The summed E-state index contributed by atoms with van der Waals surface area (Å²) in [6.45, 7) is 7.12. The topological polar surface area (TPSA) is 61.4 Å². The molecule has 1 fully saturated rings. The maximum atomic E-state index is 12.2. The SMILES string of the molecule is CCCN1CCC(NC(=O)C(C)NC(=O)c2cccs2)CC1. The van der Waals surface area contributed by atoms with Crippen LogP contribution in [0.2, 0.25) is 0 Å². The standard InChI is InChI=1S/C16H25N3O2S/c1-3-8-19-9-6-13(7-10-19)18-15(20)12(2)17-16(21)14-5-4-11-22-14/h4-5,11-13H,3,6-10H2,1-2H3,(H,17,21)(H,18,20). The zero-order chi connectivity index (χ0) is 15.9. The number of thiophene rings is 1. The first-order valence-corrected chi connectivity index (χ1v) is 8.85. The second kappa shape index (κ2) is 8.29. The number of carbonyl (C=O) groups is 2. The Bertz CT molecular complexity index is 482. The van der Waals surface area contributed by atoms with Crippen LogP contribution in [0, 0.1) is 0 Å². The van der Waals surface area contributed by atoms with E-state index in [1.165, 1.54) is 17.8 Å². The van der Waals surface area contributed by atoms with Crippen molar-refractivity contribution in [2.45, 2.75) is 45.2 Å². The lowest BCUT2D eigenvalue weighted by Gasteiger charge is -2.32. The van der Waals surface area contributed by atoms with Gasteiger partial charge in [0.15, 0.2) is 0 Å². The highest BCUT2D eigenvalue weighted by atomic mass is 32.1. The molecule has 1 unspecified atom stereocenters. The molecule has 0 radical (unpaired) electrons. The van der Waals surface area contributed by atoms with Crippen LogP contribution in [0.1, 0.15) is 42.8 Å². The highest BCUT2D eigenvalue weighted by Crippen LogP contribution is 2.11. The molecule has 1 aromatic rings. The molecule has 22 heavy (non-hydrogen) atoms. The molecular formula is C16H25N3O2S. The van der Waals surface area contributed by atoms with E-state index in [-0.39, 0.29) is 17.9 Å². The molecule has 2 amide bonds. The van der Waals surface area contributed by atoms with Crippen LogP contribution in [0.3, 0.4) is 0 Å². The Labute approximate surface area is 136 Å². The number of hydrogen-bond donors (Lipinski definition) is 2. The number of nitrogens with one attached hydrogen (secondary N) is 2. The first-order valence-electron chi connectivity index (χ1n) is 7.97. The molecule has 0 saturated carbocycles. The lowest BCUT2D eigenvalue weighted by atomic mass is 10.0. The van der Waals surface area contributed by atoms with Crippen LogP contribution < -0.4 is 10.6 Å². The Morgan fingerprint density at radius 3 is 2.73 bits per heavy atom. The van der Waals surface area contributed by atoms with Gasteiger partial charge in [-0.1, -0.05) is 13.0 Å². The molecule has 2 rings (SSSR count). The van der Waals surface area contributed by atoms with Gasteiger partial charge >= 0.3 is 0 Å². The second-order valence-corrected chi connectivity index (χ2v) is 6.74. The van der Waals surface area contributed by atoms with Gasteiger partial charge in [0.1, 0.15) is 6.04 Å². The van der Waals surface area contributed by atoms with E-state index in [1.54, 1.807) is 13.0 Å². The van der Waals surface area contributed by atoms with Gasteiger partial charge in [-0.3, -0.25) is 9.59 Å². The molecule has 5 nitrogen and oxygen atoms in total. The molecule has 1 saturated heterocycles. The third kappa shape index (κ3) is 4.81. The van der Waals surface area contributed by atoms with Gasteiger partial charge in [-0.2, -0.15) is 0 Å². The number of likely N-dealkylation sites (tertiary alicyclic amines) is 1. The van der Waals surface area contributed by atoms with Gasteiger partial charge in [0, 0.05) is 19.1 Å². The van der Waals surface area contributed by atoms with Gasteiger partial charge in [-0.15, -0.1) is 11.3 Å². The predicted octanol–water partition coefficient (Wildman–Crippen LogP) is 1.86. The van der Waals surface area contributed by atoms with Crippen molar-refractivity contribution in [3.63, 3.8) is 0 Å². The fraction of sp³-hybridized carbons (Fsp3) is 0.625. The van der Waals surface area contributed by atoms with E-state index in [9.17, 15) is 9.59 Å². The quantitative estimate of drug-likeness (QED) is 0.840. The van der Waals surface area contributed by atoms with Gasteiger partial charge in [-0.25, -0.2) is 0 Å². The van der Waals surface area contributed by atoms with Crippen molar-refractivity contribution in [3.8, 4) is 0 Å². The van der Waals surface area contributed by atoms with Gasteiger partial charge < -0.3 is 15.5 Å². The average molecular weight is 323 g/mol. The normalized spacial score (nSPS) is 17.9. The first kappa shape index (κ1) is 17.0. The monoisotopic (exact) mass is 323 g/mol. The fourth-order valence-corrected chi connectivity index (χ4v) is 3.31. The molecule has 0 spiro atoms.